The Bertz CT molecular complexity index is 373. The Hall–Kier alpha value is -1.50. The lowest BCUT2D eigenvalue weighted by molar-refractivity contribution is -0.153. The lowest BCUT2D eigenvalue weighted by Crippen LogP contribution is -2.19. The highest BCUT2D eigenvalue weighted by atomic mass is 35.5. The second-order valence-corrected chi connectivity index (χ2v) is 3.16. The Morgan fingerprint density at radius 3 is 1.89 bits per heavy atom. The van der Waals surface area contributed by atoms with Crippen LogP contribution in [-0.2, 0) is 0 Å². The van der Waals surface area contributed by atoms with Crippen molar-refractivity contribution in [2.45, 2.75) is 6.18 Å². The Morgan fingerprint density at radius 2 is 1.56 bits per heavy atom. The Balaban J connectivity index is 0.00000289. The van der Waals surface area contributed by atoms with Gasteiger partial charge in [0.1, 0.15) is 0 Å². The van der Waals surface area contributed by atoms with Crippen molar-refractivity contribution in [3.8, 4) is 17.2 Å². The van der Waals surface area contributed by atoms with Crippen LogP contribution in [0.5, 0.6) is 17.2 Å². The van der Waals surface area contributed by atoms with E-state index in [-0.39, 0.29) is 29.7 Å². The summed E-state index contributed by atoms with van der Waals surface area (Å²) in [5, 5.41) is 0. The highest BCUT2D eigenvalue weighted by Crippen LogP contribution is 2.40. The first-order valence-corrected chi connectivity index (χ1v) is 4.58. The quantitative estimate of drug-likeness (QED) is 0.865. The van der Waals surface area contributed by atoms with Crippen molar-refractivity contribution in [3.63, 3.8) is 0 Å². The van der Waals surface area contributed by atoms with Gasteiger partial charge in [0.05, 0.1) is 14.2 Å². The molecule has 18 heavy (non-hydrogen) atoms. The third-order valence-corrected chi connectivity index (χ3v) is 1.86. The van der Waals surface area contributed by atoms with Gasteiger partial charge in [-0.15, -0.1) is 12.4 Å². The van der Waals surface area contributed by atoms with Gasteiger partial charge in [-0.3, -0.25) is 0 Å². The van der Waals surface area contributed by atoms with Crippen molar-refractivity contribution in [2.24, 2.45) is 0 Å². The molecule has 0 fully saturated rings. The number of methoxy groups -OCH3 is 2. The van der Waals surface area contributed by atoms with Gasteiger partial charge in [-0.25, -0.2) is 0 Å². The number of halogens is 4. The minimum atomic E-state index is -4.43. The standard InChI is InChI=1S/C10H12F3NO3.ClH/c1-15-7-3-6(14)4-8(16-2)9(7)17-5-10(11,12)13;/h3-4H,5,14H2,1-2H3;1H. The Morgan fingerprint density at radius 1 is 1.11 bits per heavy atom. The number of benzene rings is 1. The summed E-state index contributed by atoms with van der Waals surface area (Å²) in [5.41, 5.74) is 5.83. The van der Waals surface area contributed by atoms with E-state index in [0.29, 0.717) is 5.69 Å². The maximum atomic E-state index is 12.1. The van der Waals surface area contributed by atoms with Gasteiger partial charge in [0.25, 0.3) is 0 Å². The predicted octanol–water partition coefficient (Wildman–Crippen LogP) is 2.65. The normalized spacial score (nSPS) is 10.5. The lowest BCUT2D eigenvalue weighted by Gasteiger charge is -2.16. The molecule has 0 saturated carbocycles. The maximum Gasteiger partial charge on any atom is 0.422 e. The molecule has 1 rings (SSSR count). The van der Waals surface area contributed by atoms with E-state index >= 15 is 0 Å². The molecule has 0 unspecified atom stereocenters. The lowest BCUT2D eigenvalue weighted by atomic mass is 10.2. The SMILES string of the molecule is COc1cc(N)cc(OC)c1OCC(F)(F)F.Cl. The smallest absolute Gasteiger partial charge is 0.422 e. The van der Waals surface area contributed by atoms with Crippen LogP contribution in [0.2, 0.25) is 0 Å². The summed E-state index contributed by atoms with van der Waals surface area (Å²) in [7, 11) is 2.60. The van der Waals surface area contributed by atoms with Crippen LogP contribution in [-0.4, -0.2) is 27.0 Å². The second kappa shape index (κ2) is 6.44. The monoisotopic (exact) mass is 287 g/mol. The molecule has 4 nitrogen and oxygen atoms in total. The van der Waals surface area contributed by atoms with E-state index < -0.39 is 12.8 Å². The zero-order valence-corrected chi connectivity index (χ0v) is 10.5. The largest absolute Gasteiger partial charge is 0.493 e. The number of hydrogen-bond acceptors (Lipinski definition) is 4. The van der Waals surface area contributed by atoms with Gasteiger partial charge < -0.3 is 19.9 Å². The van der Waals surface area contributed by atoms with E-state index in [9.17, 15) is 13.2 Å². The highest BCUT2D eigenvalue weighted by molar-refractivity contribution is 5.85. The molecule has 0 amide bonds. The van der Waals surface area contributed by atoms with Gasteiger partial charge in [-0.2, -0.15) is 13.2 Å². The average molecular weight is 288 g/mol. The van der Waals surface area contributed by atoms with Crippen molar-refractivity contribution in [1.82, 2.24) is 0 Å². The van der Waals surface area contributed by atoms with Crippen LogP contribution in [0.3, 0.4) is 0 Å². The summed E-state index contributed by atoms with van der Waals surface area (Å²) >= 11 is 0. The van der Waals surface area contributed by atoms with E-state index in [4.69, 9.17) is 15.2 Å². The number of nitrogens with two attached hydrogens (primary N) is 1. The van der Waals surface area contributed by atoms with Gasteiger partial charge in [-0.05, 0) is 0 Å². The summed E-state index contributed by atoms with van der Waals surface area (Å²) < 4.78 is 50.6. The van der Waals surface area contributed by atoms with Crippen molar-refractivity contribution in [3.05, 3.63) is 12.1 Å². The first-order valence-electron chi connectivity index (χ1n) is 4.58. The van der Waals surface area contributed by atoms with Crippen LogP contribution >= 0.6 is 12.4 Å². The third-order valence-electron chi connectivity index (χ3n) is 1.86. The first kappa shape index (κ1) is 16.5. The summed E-state index contributed by atoms with van der Waals surface area (Å²) in [4.78, 5) is 0. The number of rotatable bonds is 4. The maximum absolute atomic E-state index is 12.1. The number of nitrogen functional groups attached to an aromatic ring is 1. The topological polar surface area (TPSA) is 53.7 Å². The fraction of sp³-hybridized carbons (Fsp3) is 0.400. The molecule has 104 valence electrons. The molecule has 8 heteroatoms. The van der Waals surface area contributed by atoms with E-state index in [2.05, 4.69) is 4.74 Å². The van der Waals surface area contributed by atoms with Gasteiger partial charge in [0.2, 0.25) is 5.75 Å². The summed E-state index contributed by atoms with van der Waals surface area (Å²) in [6.45, 7) is -1.43. The molecule has 1 aromatic rings. The van der Waals surface area contributed by atoms with E-state index in [0.717, 1.165) is 0 Å². The molecular weight excluding hydrogens is 275 g/mol. The molecular formula is C10H13ClF3NO3. The summed E-state index contributed by atoms with van der Waals surface area (Å²) in [6, 6.07) is 2.71. The van der Waals surface area contributed by atoms with Crippen LogP contribution < -0.4 is 19.9 Å². The molecule has 0 aromatic heterocycles. The molecule has 0 aliphatic heterocycles. The number of hydrogen-bond donors (Lipinski definition) is 1. The molecule has 0 heterocycles. The second-order valence-electron chi connectivity index (χ2n) is 3.16. The molecule has 1 aromatic carbocycles. The van der Waals surface area contributed by atoms with Crippen LogP contribution in [0.1, 0.15) is 0 Å². The third kappa shape index (κ3) is 4.40. The highest BCUT2D eigenvalue weighted by Gasteiger charge is 2.30. The molecule has 0 atom stereocenters. The van der Waals surface area contributed by atoms with Crippen LogP contribution in [0.15, 0.2) is 12.1 Å². The van der Waals surface area contributed by atoms with Crippen molar-refractivity contribution in [1.29, 1.82) is 0 Å². The molecule has 0 spiro atoms. The van der Waals surface area contributed by atoms with E-state index in [1.165, 1.54) is 26.4 Å². The van der Waals surface area contributed by atoms with Gasteiger partial charge in [0.15, 0.2) is 18.1 Å². The molecule has 0 saturated heterocycles. The fourth-order valence-corrected chi connectivity index (χ4v) is 1.20. The van der Waals surface area contributed by atoms with Crippen molar-refractivity contribution >= 4 is 18.1 Å². The minimum Gasteiger partial charge on any atom is -0.493 e. The summed E-state index contributed by atoms with van der Waals surface area (Å²) in [5.74, 6) is 0.0544. The summed E-state index contributed by atoms with van der Waals surface area (Å²) in [6.07, 6.45) is -4.43. The van der Waals surface area contributed by atoms with Crippen LogP contribution in [0.4, 0.5) is 18.9 Å². The Kier molecular flexibility index (Phi) is 5.90. The van der Waals surface area contributed by atoms with Gasteiger partial charge >= 0.3 is 6.18 Å². The molecule has 0 aliphatic rings. The van der Waals surface area contributed by atoms with E-state index in [1.54, 1.807) is 0 Å². The van der Waals surface area contributed by atoms with Crippen LogP contribution in [0, 0.1) is 0 Å². The molecule has 0 bridgehead atoms. The number of anilines is 1. The minimum absolute atomic E-state index is 0. The van der Waals surface area contributed by atoms with Gasteiger partial charge in [0, 0.05) is 17.8 Å². The fourth-order valence-electron chi connectivity index (χ4n) is 1.20. The number of ether oxygens (including phenoxy) is 3. The molecule has 0 radical (unpaired) electrons. The van der Waals surface area contributed by atoms with Gasteiger partial charge in [-0.1, -0.05) is 0 Å². The molecule has 0 aliphatic carbocycles. The predicted molar refractivity (Wildman–Crippen MR) is 62.8 cm³/mol. The van der Waals surface area contributed by atoms with Crippen molar-refractivity contribution in [2.75, 3.05) is 26.6 Å². The molecule has 2 N–H and O–H groups in total. The number of alkyl halides is 3. The Labute approximate surface area is 108 Å². The zero-order valence-electron chi connectivity index (χ0n) is 9.71. The van der Waals surface area contributed by atoms with Crippen LogP contribution in [0.25, 0.3) is 0 Å². The van der Waals surface area contributed by atoms with E-state index in [1.807, 2.05) is 0 Å². The van der Waals surface area contributed by atoms with Crippen molar-refractivity contribution < 1.29 is 27.4 Å². The zero-order chi connectivity index (χ0) is 13.1. The average Bonchev–Trinajstić information content (AvgIpc) is 2.24. The first-order chi connectivity index (χ1) is 7.87.